The van der Waals surface area contributed by atoms with E-state index in [0.717, 1.165) is 30.5 Å². The summed E-state index contributed by atoms with van der Waals surface area (Å²) in [5.74, 6) is 0.150. The quantitative estimate of drug-likeness (QED) is 0.717. The number of rotatable bonds is 0. The van der Waals surface area contributed by atoms with Gasteiger partial charge in [0.05, 0.1) is 18.1 Å². The first-order chi connectivity index (χ1) is 12.5. The number of aliphatic hydroxyl groups is 1. The van der Waals surface area contributed by atoms with Gasteiger partial charge in [0.15, 0.2) is 6.29 Å². The predicted molar refractivity (Wildman–Crippen MR) is 98.4 cm³/mol. The molecule has 1 aromatic carbocycles. The Labute approximate surface area is 152 Å². The minimum absolute atomic E-state index is 0.00219. The summed E-state index contributed by atoms with van der Waals surface area (Å²) in [4.78, 5) is 19.0. The molecule has 3 aliphatic heterocycles. The topological polar surface area (TPSA) is 65.6 Å². The molecule has 0 unspecified atom stereocenters. The average molecular weight is 352 g/mol. The molecule has 5 rings (SSSR count). The molecule has 136 valence electrons. The fraction of sp³-hybridized carbons (Fsp3) is 0.476. The number of benzene rings is 1. The van der Waals surface area contributed by atoms with Gasteiger partial charge in [-0.15, -0.1) is 0 Å². The molecule has 0 spiro atoms. The van der Waals surface area contributed by atoms with E-state index in [1.165, 1.54) is 16.6 Å². The van der Waals surface area contributed by atoms with Gasteiger partial charge in [0.25, 0.3) is 0 Å². The molecule has 0 saturated carbocycles. The van der Waals surface area contributed by atoms with Gasteiger partial charge >= 0.3 is 0 Å². The Hall–Kier alpha value is -2.11. The Balaban J connectivity index is 1.63. The maximum absolute atomic E-state index is 13.4. The Kier molecular flexibility index (Phi) is 3.37. The van der Waals surface area contributed by atoms with Crippen LogP contribution in [0.4, 0.5) is 0 Å². The third-order valence-electron chi connectivity index (χ3n) is 6.70. The lowest BCUT2D eigenvalue weighted by molar-refractivity contribution is -0.186. The summed E-state index contributed by atoms with van der Waals surface area (Å²) in [6.45, 7) is 4.93. The number of carbonyl (C=O) groups excluding carboxylic acids is 1. The number of nitrogens with one attached hydrogen (secondary N) is 1. The van der Waals surface area contributed by atoms with Crippen molar-refractivity contribution in [3.63, 3.8) is 0 Å². The number of ether oxygens (including phenoxy) is 1. The average Bonchev–Trinajstić information content (AvgIpc) is 3.03. The summed E-state index contributed by atoms with van der Waals surface area (Å²) in [7, 11) is 0. The Morgan fingerprint density at radius 1 is 1.38 bits per heavy atom. The number of H-pyrrole nitrogens is 1. The standard InChI is InChI=1S/C21H24N2O3/c1-3-12-15-10-17-18-14(13-6-4-5-7-16(13)22-18)8-9-23(17)20(25)21(15,2)11-26-19(12)24/h3-7,15,17,19,22,24H,8-11H2,1-2H3/b12-3+/t15-,17-,19+,21-/m0/s1. The van der Waals surface area contributed by atoms with Gasteiger partial charge in [0.2, 0.25) is 5.91 Å². The first-order valence-corrected chi connectivity index (χ1v) is 9.41. The van der Waals surface area contributed by atoms with E-state index in [0.29, 0.717) is 0 Å². The molecule has 5 nitrogen and oxygen atoms in total. The van der Waals surface area contributed by atoms with E-state index in [1.807, 2.05) is 30.9 Å². The molecule has 0 radical (unpaired) electrons. The van der Waals surface area contributed by atoms with Crippen LogP contribution in [-0.2, 0) is 16.0 Å². The van der Waals surface area contributed by atoms with Crippen LogP contribution in [0.1, 0.15) is 37.6 Å². The number of nitrogens with zero attached hydrogens (tertiary/aromatic N) is 1. The zero-order valence-corrected chi connectivity index (χ0v) is 15.2. The van der Waals surface area contributed by atoms with Crippen LogP contribution in [0, 0.1) is 11.3 Å². The summed E-state index contributed by atoms with van der Waals surface area (Å²) < 4.78 is 5.55. The minimum atomic E-state index is -0.900. The maximum atomic E-state index is 13.4. The largest absolute Gasteiger partial charge is 0.364 e. The maximum Gasteiger partial charge on any atom is 0.232 e. The summed E-state index contributed by atoms with van der Waals surface area (Å²) in [5.41, 5.74) is 3.90. The van der Waals surface area contributed by atoms with Crippen molar-refractivity contribution in [1.29, 1.82) is 0 Å². The molecule has 5 heteroatoms. The van der Waals surface area contributed by atoms with Gasteiger partial charge in [-0.1, -0.05) is 24.3 Å². The van der Waals surface area contributed by atoms with E-state index >= 15 is 0 Å². The second-order valence-electron chi connectivity index (χ2n) is 7.98. The van der Waals surface area contributed by atoms with E-state index in [2.05, 4.69) is 23.2 Å². The van der Waals surface area contributed by atoms with Crippen molar-refractivity contribution >= 4 is 16.8 Å². The lowest BCUT2D eigenvalue weighted by Gasteiger charge is -2.53. The highest BCUT2D eigenvalue weighted by Crippen LogP contribution is 2.53. The molecule has 2 saturated heterocycles. The van der Waals surface area contributed by atoms with Crippen LogP contribution in [0.2, 0.25) is 0 Å². The van der Waals surface area contributed by atoms with Crippen molar-refractivity contribution in [2.24, 2.45) is 11.3 Å². The fourth-order valence-electron chi connectivity index (χ4n) is 5.30. The number of fused-ring (bicyclic) bond motifs is 6. The number of aromatic amines is 1. The number of para-hydroxylation sites is 1. The summed E-state index contributed by atoms with van der Waals surface area (Å²) in [5, 5.41) is 11.6. The molecule has 1 aromatic heterocycles. The molecule has 3 aliphatic rings. The molecule has 26 heavy (non-hydrogen) atoms. The van der Waals surface area contributed by atoms with Crippen LogP contribution in [-0.4, -0.2) is 40.3 Å². The summed E-state index contributed by atoms with van der Waals surface area (Å²) in [6.07, 6.45) is 2.72. The van der Waals surface area contributed by atoms with E-state index in [-0.39, 0.29) is 24.5 Å². The highest BCUT2D eigenvalue weighted by molar-refractivity contribution is 5.88. The Morgan fingerprint density at radius 3 is 3.00 bits per heavy atom. The van der Waals surface area contributed by atoms with Crippen molar-refractivity contribution in [3.8, 4) is 0 Å². The molecule has 2 aromatic rings. The van der Waals surface area contributed by atoms with E-state index < -0.39 is 11.7 Å². The van der Waals surface area contributed by atoms with Crippen molar-refractivity contribution in [2.45, 2.75) is 39.0 Å². The second-order valence-corrected chi connectivity index (χ2v) is 7.98. The van der Waals surface area contributed by atoms with Crippen LogP contribution in [0.3, 0.4) is 0 Å². The van der Waals surface area contributed by atoms with Gasteiger partial charge in [0.1, 0.15) is 0 Å². The van der Waals surface area contributed by atoms with Crippen LogP contribution < -0.4 is 0 Å². The zero-order valence-electron chi connectivity index (χ0n) is 15.2. The number of hydrogen-bond donors (Lipinski definition) is 2. The second kappa shape index (κ2) is 5.44. The van der Waals surface area contributed by atoms with Crippen LogP contribution >= 0.6 is 0 Å². The first-order valence-electron chi connectivity index (χ1n) is 9.41. The third-order valence-corrected chi connectivity index (χ3v) is 6.70. The Morgan fingerprint density at radius 2 is 2.19 bits per heavy atom. The highest BCUT2D eigenvalue weighted by Gasteiger charge is 2.56. The molecule has 4 atom stereocenters. The van der Waals surface area contributed by atoms with Crippen LogP contribution in [0.5, 0.6) is 0 Å². The molecule has 0 aliphatic carbocycles. The molecule has 1 amide bonds. The van der Waals surface area contributed by atoms with Crippen molar-refractivity contribution in [3.05, 3.63) is 47.2 Å². The van der Waals surface area contributed by atoms with Crippen molar-refractivity contribution < 1.29 is 14.6 Å². The molecule has 4 heterocycles. The van der Waals surface area contributed by atoms with Gasteiger partial charge < -0.3 is 19.7 Å². The van der Waals surface area contributed by atoms with Gasteiger partial charge in [-0.05, 0) is 43.9 Å². The van der Waals surface area contributed by atoms with E-state index in [9.17, 15) is 9.90 Å². The molecular formula is C21H24N2O3. The number of piperidine rings is 1. The fourth-order valence-corrected chi connectivity index (χ4v) is 5.30. The summed E-state index contributed by atoms with van der Waals surface area (Å²) >= 11 is 0. The zero-order chi connectivity index (χ0) is 18.1. The molecule has 2 N–H and O–H groups in total. The summed E-state index contributed by atoms with van der Waals surface area (Å²) in [6, 6.07) is 8.40. The predicted octanol–water partition coefficient (Wildman–Crippen LogP) is 2.91. The van der Waals surface area contributed by atoms with Crippen molar-refractivity contribution in [2.75, 3.05) is 13.2 Å². The first kappa shape index (κ1) is 16.1. The number of hydrogen-bond acceptors (Lipinski definition) is 3. The van der Waals surface area contributed by atoms with E-state index in [4.69, 9.17) is 4.74 Å². The van der Waals surface area contributed by atoms with Gasteiger partial charge in [0, 0.05) is 29.1 Å². The minimum Gasteiger partial charge on any atom is -0.364 e. The number of allylic oxidation sites excluding steroid dienone is 1. The lowest BCUT2D eigenvalue weighted by Crippen LogP contribution is -2.60. The van der Waals surface area contributed by atoms with Crippen LogP contribution in [0.15, 0.2) is 35.9 Å². The number of aromatic nitrogens is 1. The highest BCUT2D eigenvalue weighted by atomic mass is 16.6. The van der Waals surface area contributed by atoms with Crippen molar-refractivity contribution in [1.82, 2.24) is 9.88 Å². The molecular weight excluding hydrogens is 328 g/mol. The molecule has 0 bridgehead atoms. The third kappa shape index (κ3) is 1.96. The van der Waals surface area contributed by atoms with Gasteiger partial charge in [-0.2, -0.15) is 0 Å². The number of carbonyl (C=O) groups is 1. The van der Waals surface area contributed by atoms with Gasteiger partial charge in [-0.3, -0.25) is 4.79 Å². The smallest absolute Gasteiger partial charge is 0.232 e. The number of amides is 1. The Bertz CT molecular complexity index is 930. The lowest BCUT2D eigenvalue weighted by atomic mass is 9.64. The van der Waals surface area contributed by atoms with Crippen LogP contribution in [0.25, 0.3) is 10.9 Å². The normalized spacial score (nSPS) is 35.3. The van der Waals surface area contributed by atoms with Gasteiger partial charge in [-0.25, -0.2) is 0 Å². The SMILES string of the molecule is C/C=C1/[C@H](O)OC[C@]2(C)C(=O)N3CCc4c([nH]c5ccccc45)[C@@H]3C[C@@H]12. The van der Waals surface area contributed by atoms with E-state index in [1.54, 1.807) is 0 Å². The number of aliphatic hydroxyl groups excluding tert-OH is 1. The molecule has 2 fully saturated rings. The monoisotopic (exact) mass is 352 g/mol.